The summed E-state index contributed by atoms with van der Waals surface area (Å²) in [6, 6.07) is 12.8. The molecule has 2 aromatic carbocycles. The molecule has 0 aromatic heterocycles. The highest BCUT2D eigenvalue weighted by molar-refractivity contribution is 5.78. The van der Waals surface area contributed by atoms with Crippen LogP contribution in [-0.2, 0) is 4.79 Å². The summed E-state index contributed by atoms with van der Waals surface area (Å²) in [6.07, 6.45) is 0. The van der Waals surface area contributed by atoms with Crippen LogP contribution in [-0.4, -0.2) is 19.6 Å². The van der Waals surface area contributed by atoms with Crippen molar-refractivity contribution in [2.24, 2.45) is 0 Å². The highest BCUT2D eigenvalue weighted by Gasteiger charge is 2.13. The van der Waals surface area contributed by atoms with Gasteiger partial charge in [-0.2, -0.15) is 0 Å². The summed E-state index contributed by atoms with van der Waals surface area (Å²) in [5.41, 5.74) is 0.889. The minimum absolute atomic E-state index is 0.134. The molecule has 0 aliphatic heterocycles. The average Bonchev–Trinajstić information content (AvgIpc) is 2.54. The first-order valence-electron chi connectivity index (χ1n) is 6.91. The van der Waals surface area contributed by atoms with E-state index in [1.807, 2.05) is 31.2 Å². The second kappa shape index (κ2) is 7.45. The van der Waals surface area contributed by atoms with E-state index >= 15 is 0 Å². The molecule has 1 amide bonds. The van der Waals surface area contributed by atoms with Crippen molar-refractivity contribution in [2.45, 2.75) is 13.0 Å². The van der Waals surface area contributed by atoms with Gasteiger partial charge in [-0.05, 0) is 37.3 Å². The molecule has 4 nitrogen and oxygen atoms in total. The number of halogens is 1. The Labute approximate surface area is 128 Å². The molecular formula is C17H18FNO3. The SMILES string of the molecule is COc1ccccc1[C@@H](C)NC(=O)COc1ccc(F)cc1. The zero-order valence-electron chi connectivity index (χ0n) is 12.5. The number of nitrogens with one attached hydrogen (secondary N) is 1. The van der Waals surface area contributed by atoms with Gasteiger partial charge in [0.05, 0.1) is 13.2 Å². The Balaban J connectivity index is 1.90. The smallest absolute Gasteiger partial charge is 0.258 e. The number of rotatable bonds is 6. The second-order valence-corrected chi connectivity index (χ2v) is 4.77. The van der Waals surface area contributed by atoms with Gasteiger partial charge >= 0.3 is 0 Å². The molecule has 0 spiro atoms. The fourth-order valence-corrected chi connectivity index (χ4v) is 2.06. The first-order chi connectivity index (χ1) is 10.6. The molecule has 1 N–H and O–H groups in total. The van der Waals surface area contributed by atoms with Crippen molar-refractivity contribution in [3.8, 4) is 11.5 Å². The molecule has 116 valence electrons. The number of carbonyl (C=O) groups excluding carboxylic acids is 1. The van der Waals surface area contributed by atoms with Gasteiger partial charge in [0.2, 0.25) is 0 Å². The molecule has 0 aliphatic carbocycles. The Kier molecular flexibility index (Phi) is 5.36. The van der Waals surface area contributed by atoms with Crippen LogP contribution in [0.15, 0.2) is 48.5 Å². The molecule has 0 saturated carbocycles. The number of benzene rings is 2. The van der Waals surface area contributed by atoms with Crippen LogP contribution in [0.2, 0.25) is 0 Å². The van der Waals surface area contributed by atoms with Crippen molar-refractivity contribution < 1.29 is 18.7 Å². The van der Waals surface area contributed by atoms with E-state index in [4.69, 9.17) is 9.47 Å². The van der Waals surface area contributed by atoms with Gasteiger partial charge in [-0.25, -0.2) is 4.39 Å². The van der Waals surface area contributed by atoms with Crippen molar-refractivity contribution in [3.63, 3.8) is 0 Å². The number of carbonyl (C=O) groups is 1. The van der Waals surface area contributed by atoms with E-state index in [1.165, 1.54) is 24.3 Å². The molecule has 5 heteroatoms. The van der Waals surface area contributed by atoms with Crippen molar-refractivity contribution in [1.29, 1.82) is 0 Å². The zero-order valence-corrected chi connectivity index (χ0v) is 12.5. The van der Waals surface area contributed by atoms with Crippen LogP contribution in [0.5, 0.6) is 11.5 Å². The molecule has 0 unspecified atom stereocenters. The lowest BCUT2D eigenvalue weighted by Crippen LogP contribution is -2.31. The van der Waals surface area contributed by atoms with E-state index in [0.717, 1.165) is 11.3 Å². The number of ether oxygens (including phenoxy) is 2. The molecule has 2 rings (SSSR count). The van der Waals surface area contributed by atoms with Crippen LogP contribution in [0.25, 0.3) is 0 Å². The van der Waals surface area contributed by atoms with Crippen molar-refractivity contribution in [2.75, 3.05) is 13.7 Å². The minimum Gasteiger partial charge on any atom is -0.496 e. The summed E-state index contributed by atoms with van der Waals surface area (Å²) < 4.78 is 23.3. The van der Waals surface area contributed by atoms with E-state index < -0.39 is 0 Å². The standard InChI is InChI=1S/C17H18FNO3/c1-12(15-5-3-4-6-16(15)21-2)19-17(20)11-22-14-9-7-13(18)8-10-14/h3-10,12H,11H2,1-2H3,(H,19,20)/t12-/m1/s1. The van der Waals surface area contributed by atoms with Gasteiger partial charge < -0.3 is 14.8 Å². The summed E-state index contributed by atoms with van der Waals surface area (Å²) in [4.78, 5) is 11.9. The molecule has 0 aliphatic rings. The van der Waals surface area contributed by atoms with Gasteiger partial charge in [0.1, 0.15) is 17.3 Å². The second-order valence-electron chi connectivity index (χ2n) is 4.77. The topological polar surface area (TPSA) is 47.6 Å². The maximum absolute atomic E-state index is 12.8. The molecule has 0 heterocycles. The maximum Gasteiger partial charge on any atom is 0.258 e. The predicted molar refractivity (Wildman–Crippen MR) is 81.4 cm³/mol. The van der Waals surface area contributed by atoms with Crippen molar-refractivity contribution in [1.82, 2.24) is 5.32 Å². The van der Waals surface area contributed by atoms with Gasteiger partial charge in [-0.15, -0.1) is 0 Å². The van der Waals surface area contributed by atoms with Gasteiger partial charge in [0.25, 0.3) is 5.91 Å². The number of para-hydroxylation sites is 1. The molecule has 0 radical (unpaired) electrons. The first kappa shape index (κ1) is 15.8. The molecule has 0 bridgehead atoms. The summed E-state index contributed by atoms with van der Waals surface area (Å²) in [7, 11) is 1.59. The highest BCUT2D eigenvalue weighted by Crippen LogP contribution is 2.24. The largest absolute Gasteiger partial charge is 0.496 e. The van der Waals surface area contributed by atoms with E-state index in [1.54, 1.807) is 7.11 Å². The van der Waals surface area contributed by atoms with Crippen LogP contribution in [0, 0.1) is 5.82 Å². The normalized spacial score (nSPS) is 11.6. The van der Waals surface area contributed by atoms with Gasteiger partial charge in [0.15, 0.2) is 6.61 Å². The van der Waals surface area contributed by atoms with Crippen LogP contribution in [0.4, 0.5) is 4.39 Å². The highest BCUT2D eigenvalue weighted by atomic mass is 19.1. The average molecular weight is 303 g/mol. The van der Waals surface area contributed by atoms with E-state index in [-0.39, 0.29) is 24.4 Å². The summed E-state index contributed by atoms with van der Waals surface area (Å²) in [5, 5.41) is 2.83. The molecule has 2 aromatic rings. The molecule has 1 atom stereocenters. The van der Waals surface area contributed by atoms with Crippen molar-refractivity contribution >= 4 is 5.91 Å². The summed E-state index contributed by atoms with van der Waals surface area (Å²) >= 11 is 0. The third-order valence-corrected chi connectivity index (χ3v) is 3.17. The monoisotopic (exact) mass is 303 g/mol. The van der Waals surface area contributed by atoms with Crippen molar-refractivity contribution in [3.05, 3.63) is 59.9 Å². The quantitative estimate of drug-likeness (QED) is 0.892. The summed E-state index contributed by atoms with van der Waals surface area (Å²) in [5.74, 6) is 0.556. The maximum atomic E-state index is 12.8. The number of hydrogen-bond donors (Lipinski definition) is 1. The fourth-order valence-electron chi connectivity index (χ4n) is 2.06. The number of amides is 1. The molecule has 0 fully saturated rings. The van der Waals surface area contributed by atoms with E-state index in [0.29, 0.717) is 5.75 Å². The Morgan fingerprint density at radius 3 is 2.55 bits per heavy atom. The lowest BCUT2D eigenvalue weighted by molar-refractivity contribution is -0.123. The van der Waals surface area contributed by atoms with Crippen LogP contribution in [0.1, 0.15) is 18.5 Å². The Morgan fingerprint density at radius 1 is 1.18 bits per heavy atom. The minimum atomic E-state index is -0.346. The van der Waals surface area contributed by atoms with Crippen LogP contribution >= 0.6 is 0 Å². The van der Waals surface area contributed by atoms with Crippen LogP contribution < -0.4 is 14.8 Å². The number of hydrogen-bond acceptors (Lipinski definition) is 3. The fraction of sp³-hybridized carbons (Fsp3) is 0.235. The summed E-state index contributed by atoms with van der Waals surface area (Å²) in [6.45, 7) is 1.73. The molecular weight excluding hydrogens is 285 g/mol. The number of methoxy groups -OCH3 is 1. The van der Waals surface area contributed by atoms with Gasteiger partial charge in [-0.3, -0.25) is 4.79 Å². The van der Waals surface area contributed by atoms with Crippen LogP contribution in [0.3, 0.4) is 0 Å². The molecule has 22 heavy (non-hydrogen) atoms. The Hall–Kier alpha value is -2.56. The van der Waals surface area contributed by atoms with Gasteiger partial charge in [0, 0.05) is 5.56 Å². The Morgan fingerprint density at radius 2 is 1.86 bits per heavy atom. The third-order valence-electron chi connectivity index (χ3n) is 3.17. The zero-order chi connectivity index (χ0) is 15.9. The molecule has 0 saturated heterocycles. The third kappa shape index (κ3) is 4.22. The predicted octanol–water partition coefficient (Wildman–Crippen LogP) is 3.09. The van der Waals surface area contributed by atoms with E-state index in [2.05, 4.69) is 5.32 Å². The Bertz CT molecular complexity index is 628. The van der Waals surface area contributed by atoms with Gasteiger partial charge in [-0.1, -0.05) is 18.2 Å². The first-order valence-corrected chi connectivity index (χ1v) is 6.91. The lowest BCUT2D eigenvalue weighted by atomic mass is 10.1. The lowest BCUT2D eigenvalue weighted by Gasteiger charge is -2.17. The van der Waals surface area contributed by atoms with E-state index in [9.17, 15) is 9.18 Å².